The lowest BCUT2D eigenvalue weighted by molar-refractivity contribution is -0.918. The molecule has 4 heterocycles. The predicted molar refractivity (Wildman–Crippen MR) is 80.7 cm³/mol. The predicted octanol–water partition coefficient (Wildman–Crippen LogP) is -0.469. The lowest BCUT2D eigenvalue weighted by atomic mass is 10.1. The zero-order valence-corrected chi connectivity index (χ0v) is 12.8. The van der Waals surface area contributed by atoms with E-state index in [1.54, 1.807) is 17.8 Å². The molecule has 0 radical (unpaired) electrons. The number of nitrogens with two attached hydrogens (primary N) is 3. The summed E-state index contributed by atoms with van der Waals surface area (Å²) in [5.74, 6) is -0.171. The number of hydrogen-bond acceptors (Lipinski definition) is 9. The van der Waals surface area contributed by atoms with E-state index in [1.165, 1.54) is 11.8 Å². The fourth-order valence-corrected chi connectivity index (χ4v) is 5.57. The Bertz CT molecular complexity index is 708. The molecule has 0 aliphatic carbocycles. The van der Waals surface area contributed by atoms with Gasteiger partial charge in [-0.3, -0.25) is 0 Å². The molecular weight excluding hydrogens is 328 g/mol. The lowest BCUT2D eigenvalue weighted by Crippen LogP contribution is -2.65. The average Bonchev–Trinajstić information content (AvgIpc) is 3.05. The Morgan fingerprint density at radius 2 is 2.27 bits per heavy atom. The molecule has 11 heteroatoms. The molecule has 4 rings (SSSR count). The van der Waals surface area contributed by atoms with Crippen molar-refractivity contribution in [1.29, 1.82) is 0 Å². The monoisotopic (exact) mass is 341 g/mol. The third-order valence-corrected chi connectivity index (χ3v) is 6.43. The van der Waals surface area contributed by atoms with Gasteiger partial charge in [-0.25, -0.2) is 9.78 Å². The molecule has 0 bridgehead atoms. The third-order valence-electron chi connectivity index (χ3n) is 3.82. The number of hydroxylamine groups is 3. The van der Waals surface area contributed by atoms with Crippen LogP contribution in [-0.4, -0.2) is 49.1 Å². The van der Waals surface area contributed by atoms with E-state index in [2.05, 4.69) is 9.97 Å². The van der Waals surface area contributed by atoms with Gasteiger partial charge in [-0.15, -0.1) is 4.84 Å². The van der Waals surface area contributed by atoms with Gasteiger partial charge in [-0.2, -0.15) is 4.98 Å². The van der Waals surface area contributed by atoms with Gasteiger partial charge in [0.15, 0.2) is 11.4 Å². The Labute approximate surface area is 133 Å². The summed E-state index contributed by atoms with van der Waals surface area (Å²) < 4.78 is 0.0134. The SMILES string of the molecule is Nc1cc(SC2=C(C(=O)O)[N+]34OC3C(N)C4SC2)nc(N)n1. The quantitative estimate of drug-likeness (QED) is 0.322. The van der Waals surface area contributed by atoms with E-state index in [1.807, 2.05) is 0 Å². The topological polar surface area (TPSA) is 154 Å². The first-order chi connectivity index (χ1) is 10.4. The Morgan fingerprint density at radius 3 is 2.91 bits per heavy atom. The van der Waals surface area contributed by atoms with Crippen molar-refractivity contribution in [3.05, 3.63) is 16.7 Å². The second-order valence-electron chi connectivity index (χ2n) is 5.15. The third kappa shape index (κ3) is 1.77. The van der Waals surface area contributed by atoms with Gasteiger partial charge in [0.25, 0.3) is 5.70 Å². The van der Waals surface area contributed by atoms with Crippen LogP contribution in [0, 0.1) is 0 Å². The van der Waals surface area contributed by atoms with E-state index in [0.717, 1.165) is 0 Å². The number of carboxylic acid groups (broad SMARTS) is 1. The molecule has 7 N–H and O–H groups in total. The average molecular weight is 341 g/mol. The van der Waals surface area contributed by atoms with E-state index in [-0.39, 0.29) is 39.8 Å². The molecule has 3 aliphatic rings. The first-order valence-corrected chi connectivity index (χ1v) is 8.29. The van der Waals surface area contributed by atoms with Crippen LogP contribution >= 0.6 is 23.5 Å². The minimum absolute atomic E-state index is 0.0134. The van der Waals surface area contributed by atoms with Crippen LogP contribution in [0.5, 0.6) is 0 Å². The molecule has 22 heavy (non-hydrogen) atoms. The molecule has 4 unspecified atom stereocenters. The molecule has 2 fully saturated rings. The summed E-state index contributed by atoms with van der Waals surface area (Å²) in [6.45, 7) is 0. The number of quaternary nitrogens is 1. The number of nitrogen functional groups attached to an aromatic ring is 2. The van der Waals surface area contributed by atoms with E-state index in [0.29, 0.717) is 15.7 Å². The standard InChI is InChI=1S/C11H12N6O3S2/c12-4-1-5(16-11(14)15-4)22-3-2-21-9-6(13)8-17(9,20-8)7(3)10(18)19/h1,6,8-9H,2,13H2,(H4-,12,14,15,16,18,19)/p+1. The molecule has 2 saturated heterocycles. The van der Waals surface area contributed by atoms with E-state index in [9.17, 15) is 9.90 Å². The second kappa shape index (κ2) is 4.49. The highest BCUT2D eigenvalue weighted by Gasteiger charge is 2.85. The Morgan fingerprint density at radius 1 is 1.50 bits per heavy atom. The van der Waals surface area contributed by atoms with Crippen LogP contribution in [0.1, 0.15) is 0 Å². The highest BCUT2D eigenvalue weighted by atomic mass is 32.2. The van der Waals surface area contributed by atoms with Gasteiger partial charge in [0.05, 0.1) is 4.91 Å². The molecule has 3 aliphatic heterocycles. The van der Waals surface area contributed by atoms with Crippen molar-refractivity contribution in [2.45, 2.75) is 22.7 Å². The number of rotatable bonds is 3. The number of carbonyl (C=O) groups is 1. The van der Waals surface area contributed by atoms with Gasteiger partial charge in [0.2, 0.25) is 5.95 Å². The van der Waals surface area contributed by atoms with E-state index < -0.39 is 5.97 Å². The van der Waals surface area contributed by atoms with Crippen molar-refractivity contribution in [3.63, 3.8) is 0 Å². The van der Waals surface area contributed by atoms with Crippen LogP contribution < -0.4 is 17.2 Å². The van der Waals surface area contributed by atoms with E-state index >= 15 is 0 Å². The summed E-state index contributed by atoms with van der Waals surface area (Å²) in [7, 11) is 0. The molecule has 0 aromatic carbocycles. The van der Waals surface area contributed by atoms with Crippen LogP contribution in [0.3, 0.4) is 0 Å². The van der Waals surface area contributed by atoms with Gasteiger partial charge in [-0.05, 0) is 0 Å². The minimum Gasteiger partial charge on any atom is -0.474 e. The molecule has 0 saturated carbocycles. The molecule has 0 amide bonds. The number of hydrogen-bond donors (Lipinski definition) is 4. The fourth-order valence-electron chi connectivity index (χ4n) is 2.92. The number of thioether (sulfide) groups is 2. The first kappa shape index (κ1) is 14.1. The van der Waals surface area contributed by atoms with Crippen molar-refractivity contribution < 1.29 is 19.4 Å². The molecule has 1 aromatic heterocycles. The Balaban J connectivity index is 1.72. The molecular formula is C11H13N6O3S2+. The first-order valence-electron chi connectivity index (χ1n) is 6.42. The van der Waals surface area contributed by atoms with Gasteiger partial charge >= 0.3 is 12.2 Å². The van der Waals surface area contributed by atoms with Gasteiger partial charge < -0.3 is 22.3 Å². The summed E-state index contributed by atoms with van der Waals surface area (Å²) in [5, 5.41) is 10.1. The fraction of sp³-hybridized carbons (Fsp3) is 0.364. The van der Waals surface area contributed by atoms with Gasteiger partial charge in [0.1, 0.15) is 10.8 Å². The number of carboxylic acids is 1. The Hall–Kier alpha value is -1.53. The highest BCUT2D eigenvalue weighted by molar-refractivity contribution is 8.06. The van der Waals surface area contributed by atoms with Gasteiger partial charge in [-0.1, -0.05) is 28.2 Å². The van der Waals surface area contributed by atoms with Crippen LogP contribution in [-0.2, 0) is 9.63 Å². The number of aromatic nitrogens is 2. The lowest BCUT2D eigenvalue weighted by Gasteiger charge is -2.37. The summed E-state index contributed by atoms with van der Waals surface area (Å²) >= 11 is 2.82. The smallest absolute Gasteiger partial charge is 0.394 e. The highest BCUT2D eigenvalue weighted by Crippen LogP contribution is 2.62. The van der Waals surface area contributed by atoms with Crippen molar-refractivity contribution in [3.8, 4) is 0 Å². The maximum absolute atomic E-state index is 11.7. The molecule has 9 nitrogen and oxygen atoms in total. The second-order valence-corrected chi connectivity index (χ2v) is 7.37. The molecule has 1 aromatic rings. The zero-order valence-electron chi connectivity index (χ0n) is 11.2. The number of aliphatic carboxylic acids is 1. The largest absolute Gasteiger partial charge is 0.474 e. The van der Waals surface area contributed by atoms with Crippen molar-refractivity contribution in [2.75, 3.05) is 17.2 Å². The summed E-state index contributed by atoms with van der Waals surface area (Å²) in [4.78, 5) is 25.8. The molecule has 4 atom stereocenters. The summed E-state index contributed by atoms with van der Waals surface area (Å²) in [5.41, 5.74) is 17.4. The number of nitrogens with zero attached hydrogens (tertiary/aromatic N) is 3. The molecule has 116 valence electrons. The van der Waals surface area contributed by atoms with Crippen LogP contribution in [0.15, 0.2) is 21.7 Å². The molecule has 1 spiro atoms. The normalized spacial score (nSPS) is 35.4. The van der Waals surface area contributed by atoms with E-state index in [4.69, 9.17) is 22.0 Å². The number of anilines is 2. The minimum atomic E-state index is -1.00. The van der Waals surface area contributed by atoms with Crippen LogP contribution in [0.4, 0.5) is 11.8 Å². The Kier molecular flexibility index (Phi) is 2.87. The van der Waals surface area contributed by atoms with Crippen LogP contribution in [0.2, 0.25) is 0 Å². The van der Waals surface area contributed by atoms with Crippen molar-refractivity contribution in [2.24, 2.45) is 5.73 Å². The van der Waals surface area contributed by atoms with Gasteiger partial charge in [0, 0.05) is 11.8 Å². The summed E-state index contributed by atoms with van der Waals surface area (Å²) in [6.07, 6.45) is -0.250. The van der Waals surface area contributed by atoms with Crippen molar-refractivity contribution in [1.82, 2.24) is 9.97 Å². The zero-order chi connectivity index (χ0) is 15.6. The summed E-state index contributed by atoms with van der Waals surface area (Å²) in [6, 6.07) is 1.43. The van der Waals surface area contributed by atoms with Crippen molar-refractivity contribution >= 4 is 41.3 Å². The maximum atomic E-state index is 11.7. The van der Waals surface area contributed by atoms with Crippen LogP contribution in [0.25, 0.3) is 0 Å². The maximum Gasteiger partial charge on any atom is 0.394 e.